The Kier molecular flexibility index (Phi) is 7.66. The number of guanidine groups is 1. The Bertz CT molecular complexity index is 950. The third-order valence-corrected chi connectivity index (χ3v) is 6.56. The Balaban J connectivity index is 1.53. The van der Waals surface area contributed by atoms with Gasteiger partial charge in [0.05, 0.1) is 7.11 Å². The van der Waals surface area contributed by atoms with E-state index in [9.17, 15) is 4.79 Å². The van der Waals surface area contributed by atoms with Gasteiger partial charge < -0.3 is 9.64 Å². The number of para-hydroxylation sites is 2. The van der Waals surface area contributed by atoms with E-state index < -0.39 is 0 Å². The molecule has 2 fully saturated rings. The highest BCUT2D eigenvalue weighted by Gasteiger charge is 2.27. The van der Waals surface area contributed by atoms with E-state index >= 15 is 0 Å². The van der Waals surface area contributed by atoms with Crippen LogP contribution in [0, 0.1) is 0 Å². The maximum absolute atomic E-state index is 13.0. The summed E-state index contributed by atoms with van der Waals surface area (Å²) < 4.78 is 5.47. The van der Waals surface area contributed by atoms with Crippen LogP contribution >= 0.6 is 11.6 Å². The van der Waals surface area contributed by atoms with Crippen molar-refractivity contribution in [1.29, 1.82) is 0 Å². The summed E-state index contributed by atoms with van der Waals surface area (Å²) in [5, 5.41) is 3.56. The standard InChI is InChI=1S/C25H31ClN4O2/c1-32-23-13-6-5-12-22(23)27-25(28-24(31)19-8-7-9-20(26)18-19)30-16-14-29(15-17-30)21-10-3-2-4-11-21/h5-9,12-13,18,21H,2-4,10-11,14-17H2,1H3,(H,27,28,31). The average molecular weight is 455 g/mol. The third kappa shape index (κ3) is 5.61. The number of carbonyl (C=O) groups is 1. The summed E-state index contributed by atoms with van der Waals surface area (Å²) in [4.78, 5) is 22.6. The Morgan fingerprint density at radius 3 is 2.50 bits per heavy atom. The van der Waals surface area contributed by atoms with Gasteiger partial charge in [-0.1, -0.05) is 49.1 Å². The molecule has 1 heterocycles. The van der Waals surface area contributed by atoms with Gasteiger partial charge >= 0.3 is 0 Å². The highest BCUT2D eigenvalue weighted by molar-refractivity contribution is 6.31. The molecule has 2 aromatic carbocycles. The molecule has 0 radical (unpaired) electrons. The molecule has 0 unspecified atom stereocenters. The predicted octanol–water partition coefficient (Wildman–Crippen LogP) is 4.72. The maximum atomic E-state index is 13.0. The monoisotopic (exact) mass is 454 g/mol. The summed E-state index contributed by atoms with van der Waals surface area (Å²) in [5.74, 6) is 0.987. The quantitative estimate of drug-likeness (QED) is 0.536. The number of amides is 1. The minimum absolute atomic E-state index is 0.226. The van der Waals surface area contributed by atoms with E-state index in [-0.39, 0.29) is 5.91 Å². The fourth-order valence-electron chi connectivity index (χ4n) is 4.56. The molecule has 6 nitrogen and oxygen atoms in total. The molecular formula is C25H31ClN4O2. The second-order valence-corrected chi connectivity index (χ2v) is 8.82. The number of hydrogen-bond donors (Lipinski definition) is 1. The van der Waals surface area contributed by atoms with Crippen molar-refractivity contribution in [2.24, 2.45) is 4.99 Å². The zero-order valence-corrected chi connectivity index (χ0v) is 19.4. The lowest BCUT2D eigenvalue weighted by atomic mass is 9.94. The van der Waals surface area contributed by atoms with Crippen molar-refractivity contribution >= 4 is 29.2 Å². The van der Waals surface area contributed by atoms with E-state index in [1.165, 1.54) is 32.1 Å². The highest BCUT2D eigenvalue weighted by atomic mass is 35.5. The molecule has 1 aliphatic carbocycles. The first kappa shape index (κ1) is 22.6. The van der Waals surface area contributed by atoms with Gasteiger partial charge in [0.25, 0.3) is 5.91 Å². The number of benzene rings is 2. The third-order valence-electron chi connectivity index (χ3n) is 6.33. The van der Waals surface area contributed by atoms with E-state index in [0.717, 1.165) is 26.2 Å². The molecule has 1 saturated carbocycles. The summed E-state index contributed by atoms with van der Waals surface area (Å²) in [7, 11) is 1.63. The normalized spacial score (nSPS) is 18.4. The Morgan fingerprint density at radius 2 is 1.78 bits per heavy atom. The van der Waals surface area contributed by atoms with Gasteiger partial charge in [-0.25, -0.2) is 4.99 Å². The van der Waals surface area contributed by atoms with Gasteiger partial charge in [0.2, 0.25) is 5.96 Å². The molecule has 170 valence electrons. The van der Waals surface area contributed by atoms with E-state index in [0.29, 0.717) is 34.0 Å². The molecule has 2 aliphatic rings. The van der Waals surface area contributed by atoms with Crippen LogP contribution in [0.25, 0.3) is 0 Å². The Labute approximate surface area is 195 Å². The number of ether oxygens (including phenoxy) is 1. The first-order chi connectivity index (χ1) is 15.6. The lowest BCUT2D eigenvalue weighted by Gasteiger charge is -2.41. The number of aliphatic imine (C=N–C) groups is 1. The van der Waals surface area contributed by atoms with Crippen LogP contribution in [-0.4, -0.2) is 61.0 Å². The van der Waals surface area contributed by atoms with E-state index in [2.05, 4.69) is 15.1 Å². The molecule has 1 amide bonds. The van der Waals surface area contributed by atoms with Gasteiger partial charge in [0.15, 0.2) is 0 Å². The van der Waals surface area contributed by atoms with Crippen LogP contribution in [-0.2, 0) is 0 Å². The predicted molar refractivity (Wildman–Crippen MR) is 129 cm³/mol. The fraction of sp³-hybridized carbons (Fsp3) is 0.440. The van der Waals surface area contributed by atoms with Crippen LogP contribution in [0.15, 0.2) is 53.5 Å². The summed E-state index contributed by atoms with van der Waals surface area (Å²) in [6.07, 6.45) is 6.63. The largest absolute Gasteiger partial charge is 0.494 e. The molecule has 1 N–H and O–H groups in total. The van der Waals surface area contributed by atoms with Crippen molar-refractivity contribution in [1.82, 2.24) is 15.1 Å². The zero-order chi connectivity index (χ0) is 22.3. The summed E-state index contributed by atoms with van der Waals surface area (Å²) in [5.41, 5.74) is 1.19. The van der Waals surface area contributed by atoms with Crippen LogP contribution in [0.3, 0.4) is 0 Å². The van der Waals surface area contributed by atoms with Gasteiger partial charge in [-0.3, -0.25) is 15.0 Å². The van der Waals surface area contributed by atoms with Gasteiger partial charge in [0.1, 0.15) is 11.4 Å². The molecule has 1 aliphatic heterocycles. The van der Waals surface area contributed by atoms with E-state index in [4.69, 9.17) is 21.3 Å². The first-order valence-corrected chi connectivity index (χ1v) is 11.8. The second-order valence-electron chi connectivity index (χ2n) is 8.39. The minimum Gasteiger partial charge on any atom is -0.494 e. The molecule has 7 heteroatoms. The maximum Gasteiger partial charge on any atom is 0.258 e. The number of carbonyl (C=O) groups excluding carboxylic acids is 1. The number of methoxy groups -OCH3 is 1. The van der Waals surface area contributed by atoms with Crippen molar-refractivity contribution in [2.75, 3.05) is 33.3 Å². The van der Waals surface area contributed by atoms with Gasteiger partial charge in [-0.15, -0.1) is 0 Å². The smallest absolute Gasteiger partial charge is 0.258 e. The number of hydrogen-bond acceptors (Lipinski definition) is 4. The fourth-order valence-corrected chi connectivity index (χ4v) is 4.75. The van der Waals surface area contributed by atoms with Crippen LogP contribution in [0.4, 0.5) is 5.69 Å². The molecule has 32 heavy (non-hydrogen) atoms. The molecule has 0 bridgehead atoms. The van der Waals surface area contributed by atoms with E-state index in [1.54, 1.807) is 31.4 Å². The Hall–Kier alpha value is -2.57. The number of nitrogens with zero attached hydrogens (tertiary/aromatic N) is 3. The second kappa shape index (κ2) is 10.8. The summed E-state index contributed by atoms with van der Waals surface area (Å²) >= 11 is 6.09. The van der Waals surface area contributed by atoms with E-state index in [1.807, 2.05) is 24.3 Å². The topological polar surface area (TPSA) is 57.2 Å². The highest BCUT2D eigenvalue weighted by Crippen LogP contribution is 2.27. The Morgan fingerprint density at radius 1 is 1.03 bits per heavy atom. The average Bonchev–Trinajstić information content (AvgIpc) is 2.84. The lowest BCUT2D eigenvalue weighted by molar-refractivity contribution is 0.0943. The number of piperazine rings is 1. The van der Waals surface area contributed by atoms with Crippen molar-refractivity contribution in [2.45, 2.75) is 38.1 Å². The molecule has 1 saturated heterocycles. The summed E-state index contributed by atoms with van der Waals surface area (Å²) in [6.45, 7) is 3.59. The van der Waals surface area contributed by atoms with Crippen LogP contribution in [0.1, 0.15) is 42.5 Å². The SMILES string of the molecule is COc1ccccc1N=C(NC(=O)c1cccc(Cl)c1)N1CCN(C2CCCCC2)CC1. The zero-order valence-electron chi connectivity index (χ0n) is 18.6. The molecule has 0 atom stereocenters. The van der Waals surface area contributed by atoms with Crippen LogP contribution in [0.5, 0.6) is 5.75 Å². The first-order valence-electron chi connectivity index (χ1n) is 11.4. The number of nitrogens with one attached hydrogen (secondary N) is 1. The van der Waals surface area contributed by atoms with Gasteiger partial charge in [-0.05, 0) is 43.2 Å². The minimum atomic E-state index is -0.226. The molecule has 2 aromatic rings. The number of halogens is 1. The number of rotatable bonds is 4. The van der Waals surface area contributed by atoms with Crippen molar-refractivity contribution in [3.63, 3.8) is 0 Å². The lowest BCUT2D eigenvalue weighted by Crippen LogP contribution is -2.55. The van der Waals surface area contributed by atoms with Crippen LogP contribution < -0.4 is 10.1 Å². The van der Waals surface area contributed by atoms with Gasteiger partial charge in [0, 0.05) is 42.8 Å². The molecular weight excluding hydrogens is 424 g/mol. The molecule has 4 rings (SSSR count). The molecule has 0 aromatic heterocycles. The van der Waals surface area contributed by atoms with Crippen molar-refractivity contribution < 1.29 is 9.53 Å². The van der Waals surface area contributed by atoms with Crippen molar-refractivity contribution in [3.8, 4) is 5.75 Å². The van der Waals surface area contributed by atoms with Gasteiger partial charge in [-0.2, -0.15) is 0 Å². The summed E-state index contributed by atoms with van der Waals surface area (Å²) in [6, 6.07) is 15.2. The van der Waals surface area contributed by atoms with Crippen molar-refractivity contribution in [3.05, 3.63) is 59.1 Å². The molecule has 0 spiro atoms. The van der Waals surface area contributed by atoms with Crippen LogP contribution in [0.2, 0.25) is 5.02 Å².